The van der Waals surface area contributed by atoms with E-state index in [-0.39, 0.29) is 57.3 Å². The molecular weight excluding hydrogens is 1290 g/mol. The summed E-state index contributed by atoms with van der Waals surface area (Å²) in [4.78, 5) is 0. The summed E-state index contributed by atoms with van der Waals surface area (Å²) >= 11 is 0. The zero-order valence-corrected chi connectivity index (χ0v) is 74.0. The van der Waals surface area contributed by atoms with E-state index >= 15 is 0 Å². The predicted octanol–water partition coefficient (Wildman–Crippen LogP) is 27.1. The smallest absolute Gasteiger partial charge is 0.0440 e. The summed E-state index contributed by atoms with van der Waals surface area (Å²) in [6.07, 6.45) is 6.76. The zero-order valence-electron chi connectivity index (χ0n) is 74.0. The van der Waals surface area contributed by atoms with Crippen molar-refractivity contribution >= 4 is 11.4 Å². The molecule has 8 heteroatoms. The first-order valence-corrected chi connectivity index (χ1v) is 39.3. The number of nitrogens with zero attached hydrogens (tertiary/aromatic N) is 1. The first-order valence-electron chi connectivity index (χ1n) is 39.3. The molecule has 592 valence electrons. The maximum absolute atomic E-state index is 3.74. The fourth-order valence-corrected chi connectivity index (χ4v) is 12.0. The van der Waals surface area contributed by atoms with Gasteiger partial charge in [-0.15, -0.1) is 0 Å². The minimum Gasteiger partial charge on any atom is -0.380 e. The van der Waals surface area contributed by atoms with Crippen molar-refractivity contribution in [1.82, 2.24) is 31.2 Å². The van der Waals surface area contributed by atoms with Crippen LogP contribution in [0.3, 0.4) is 0 Å². The van der Waals surface area contributed by atoms with E-state index in [4.69, 9.17) is 0 Å². The highest BCUT2D eigenvalue weighted by Crippen LogP contribution is 2.47. The maximum Gasteiger partial charge on any atom is 0.0440 e. The molecule has 9 rings (SSSR count). The molecule has 1 aliphatic carbocycles. The zero-order chi connectivity index (χ0) is 80.8. The van der Waals surface area contributed by atoms with Gasteiger partial charge in [-0.1, -0.05) is 209 Å². The van der Waals surface area contributed by atoms with Crippen LogP contribution >= 0.6 is 0 Å². The Labute approximate surface area is 654 Å². The summed E-state index contributed by atoms with van der Waals surface area (Å²) in [6.45, 7) is 77.8. The third-order valence-electron chi connectivity index (χ3n) is 16.2. The van der Waals surface area contributed by atoms with Crippen LogP contribution in [-0.4, -0.2) is 43.3 Å². The van der Waals surface area contributed by atoms with Crippen molar-refractivity contribution in [2.45, 2.75) is 337 Å². The van der Waals surface area contributed by atoms with Crippen molar-refractivity contribution < 1.29 is 0 Å². The summed E-state index contributed by atoms with van der Waals surface area (Å²) in [5, 5.41) is 24.9. The van der Waals surface area contributed by atoms with Gasteiger partial charge in [-0.05, 0) is 309 Å². The monoisotopic (exact) mass is 1450 g/mol. The maximum atomic E-state index is 3.74. The molecule has 1 saturated carbocycles. The van der Waals surface area contributed by atoms with Gasteiger partial charge in [0.05, 0.1) is 0 Å². The fourth-order valence-electron chi connectivity index (χ4n) is 12.0. The third kappa shape index (κ3) is 44.5. The average molecular weight is 1450 g/mol. The van der Waals surface area contributed by atoms with Crippen LogP contribution in [-0.2, 0) is 18.1 Å². The lowest BCUT2D eigenvalue weighted by atomic mass is 9.90. The van der Waals surface area contributed by atoms with Crippen LogP contribution < -0.4 is 37.2 Å². The Morgan fingerprint density at radius 2 is 0.670 bits per heavy atom. The number of hydrogen-bond donors (Lipinski definition) is 7. The number of aryl methyl sites for hydroxylation is 7. The summed E-state index contributed by atoms with van der Waals surface area (Å²) in [7, 11) is 2.05. The Balaban J connectivity index is 0.00000121. The number of aromatic nitrogens is 1. The second-order valence-corrected chi connectivity index (χ2v) is 36.5. The van der Waals surface area contributed by atoms with Gasteiger partial charge < -0.3 is 41.8 Å². The molecule has 1 aliphatic rings. The van der Waals surface area contributed by atoms with Gasteiger partial charge in [0.2, 0.25) is 0 Å². The highest BCUT2D eigenvalue weighted by Gasteiger charge is 2.46. The van der Waals surface area contributed by atoms with Crippen LogP contribution in [0.1, 0.15) is 307 Å². The standard InChI is InChI=1S/C17H24N2.C14H21N.C14H23N.2C13H21N.2C11H17N.2C2H6.CH4/c1-13(18-17(2,3)4)14-6-8-15(9-7-14)16-10-11-19(5)12-16;1-11-5-7-12(8-6-11)14(9-10-14)15-13(2,3)4;1-11-7-9-12(10-8-11)14(5,6)15-13(2,3)4;2*1-10-6-8-12(9-7-10)11(2)14-13(3,4)5;1-9-5-7-10(8-6-9)12-11(2,3)4;1-9-6-5-7-10(8-9)12-11(2,3)4;2*1-2;/h6-13,18H,1-5H3;5-8,15H,9-10H2,1-4H3;7-10,15H,1-6H3;2*6-9,11,14H,1-5H3;2*5-8,12H,1-4H3;2*1-2H3;1H4/t;;;2*11-;;;;;/m...10...../s1. The number of anilines is 2. The van der Waals surface area contributed by atoms with E-state index in [0.29, 0.717) is 18.1 Å². The van der Waals surface area contributed by atoms with Gasteiger partial charge in [-0.3, -0.25) is 0 Å². The lowest BCUT2D eigenvalue weighted by molar-refractivity contribution is 0.286. The van der Waals surface area contributed by atoms with Crippen molar-refractivity contribution in [2.75, 3.05) is 10.6 Å². The first-order chi connectivity index (χ1) is 48.2. The van der Waals surface area contributed by atoms with Crippen LogP contribution in [0, 0.1) is 41.5 Å². The Kier molecular flexibility index (Phi) is 41.8. The molecule has 0 spiro atoms. The molecule has 1 unspecified atom stereocenters. The van der Waals surface area contributed by atoms with Gasteiger partial charge in [0, 0.05) is 98.8 Å². The van der Waals surface area contributed by atoms with Gasteiger partial charge in [-0.2, -0.15) is 0 Å². The molecule has 3 atom stereocenters. The second kappa shape index (κ2) is 44.6. The molecule has 0 amide bonds. The van der Waals surface area contributed by atoms with E-state index < -0.39 is 0 Å². The highest BCUT2D eigenvalue weighted by atomic mass is 15.1. The molecule has 1 fully saturated rings. The average Bonchev–Trinajstić information content (AvgIpc) is 1.61. The SMILES string of the molecule is C.CC.CC.CC(NC(C)(C)C)c1ccc(-c2ccn(C)c2)cc1.Cc1ccc(C(C)(C)NC(C)(C)C)cc1.Cc1ccc(C2(NC(C)(C)C)CC2)cc1.Cc1ccc(NC(C)(C)C)cc1.Cc1ccc([C@@H](C)NC(C)(C)C)cc1.Cc1ccc([C@H](C)NC(C)(C)C)cc1.Cc1cccc(NC(C)(C)C)c1. The predicted molar refractivity (Wildman–Crippen MR) is 478 cm³/mol. The Hall–Kier alpha value is -6.78. The largest absolute Gasteiger partial charge is 0.380 e. The first kappa shape index (κ1) is 99.2. The summed E-state index contributed by atoms with van der Waals surface area (Å²) in [5.74, 6) is 0. The molecule has 0 saturated heterocycles. The van der Waals surface area contributed by atoms with Gasteiger partial charge in [0.15, 0.2) is 0 Å². The molecule has 7 aromatic carbocycles. The second-order valence-electron chi connectivity index (χ2n) is 36.5. The third-order valence-corrected chi connectivity index (χ3v) is 16.2. The lowest BCUT2D eigenvalue weighted by Crippen LogP contribution is -2.48. The Bertz CT molecular complexity index is 3470. The van der Waals surface area contributed by atoms with Crippen LogP contribution in [0.25, 0.3) is 11.1 Å². The molecule has 8 nitrogen and oxygen atoms in total. The Morgan fingerprint density at radius 1 is 0.340 bits per heavy atom. The van der Waals surface area contributed by atoms with Crippen molar-refractivity contribution in [3.05, 3.63) is 250 Å². The van der Waals surface area contributed by atoms with Crippen molar-refractivity contribution in [1.29, 1.82) is 0 Å². The minimum atomic E-state index is 0. The number of hydrogen-bond acceptors (Lipinski definition) is 7. The van der Waals surface area contributed by atoms with Crippen LogP contribution in [0.2, 0.25) is 0 Å². The molecule has 0 radical (unpaired) electrons. The Morgan fingerprint density at radius 3 is 0.972 bits per heavy atom. The molecule has 1 heterocycles. The molecule has 0 aliphatic heterocycles. The van der Waals surface area contributed by atoms with Gasteiger partial charge in [-0.25, -0.2) is 0 Å². The van der Waals surface area contributed by atoms with Crippen LogP contribution in [0.15, 0.2) is 188 Å². The molecule has 7 N–H and O–H groups in total. The summed E-state index contributed by atoms with van der Waals surface area (Å²) < 4.78 is 2.08. The summed E-state index contributed by atoms with van der Waals surface area (Å²) in [5.41, 5.74) is 21.0. The minimum absolute atomic E-state index is 0. The van der Waals surface area contributed by atoms with E-state index in [1.807, 2.05) is 34.7 Å². The normalized spacial score (nSPS) is 13.3. The van der Waals surface area contributed by atoms with E-state index in [9.17, 15) is 0 Å². The van der Waals surface area contributed by atoms with E-state index in [1.165, 1.54) is 96.5 Å². The van der Waals surface area contributed by atoms with Crippen LogP contribution in [0.5, 0.6) is 0 Å². The van der Waals surface area contributed by atoms with Crippen LogP contribution in [0.4, 0.5) is 11.4 Å². The quantitative estimate of drug-likeness (QED) is 0.0619. The molecule has 0 bridgehead atoms. The molecule has 106 heavy (non-hydrogen) atoms. The molecular formula is C98H160N8. The molecule has 8 aromatic rings. The van der Waals surface area contributed by atoms with E-state index in [0.717, 1.165) is 0 Å². The number of nitrogens with one attached hydrogen (secondary N) is 7. The van der Waals surface area contributed by atoms with Crippen molar-refractivity contribution in [2.24, 2.45) is 7.05 Å². The van der Waals surface area contributed by atoms with Gasteiger partial charge >= 0.3 is 0 Å². The van der Waals surface area contributed by atoms with E-state index in [2.05, 4.69) is 452 Å². The van der Waals surface area contributed by atoms with E-state index in [1.54, 1.807) is 0 Å². The topological polar surface area (TPSA) is 89.1 Å². The van der Waals surface area contributed by atoms with Gasteiger partial charge in [0.25, 0.3) is 0 Å². The number of benzene rings is 7. The summed E-state index contributed by atoms with van der Waals surface area (Å²) in [6, 6.07) is 64.2. The fraction of sp³-hybridized carbons (Fsp3) is 0.531. The molecule has 1 aromatic heterocycles. The lowest BCUT2D eigenvalue weighted by Gasteiger charge is -2.35. The van der Waals surface area contributed by atoms with Gasteiger partial charge in [0.1, 0.15) is 0 Å². The van der Waals surface area contributed by atoms with Crippen molar-refractivity contribution in [3.8, 4) is 11.1 Å². The highest BCUT2D eigenvalue weighted by molar-refractivity contribution is 5.63. The number of rotatable bonds is 13. The van der Waals surface area contributed by atoms with Crippen molar-refractivity contribution in [3.63, 3.8) is 0 Å².